The second kappa shape index (κ2) is 9.92. The molecule has 0 spiro atoms. The summed E-state index contributed by atoms with van der Waals surface area (Å²) in [5, 5.41) is 0.361. The summed E-state index contributed by atoms with van der Waals surface area (Å²) in [6, 6.07) is 13.4. The lowest BCUT2D eigenvalue weighted by Gasteiger charge is -2.35. The van der Waals surface area contributed by atoms with Crippen molar-refractivity contribution in [1.29, 1.82) is 0 Å². The van der Waals surface area contributed by atoms with Gasteiger partial charge in [-0.2, -0.15) is 0 Å². The van der Waals surface area contributed by atoms with Crippen LogP contribution >= 0.6 is 11.6 Å². The Kier molecular flexibility index (Phi) is 6.75. The van der Waals surface area contributed by atoms with E-state index in [2.05, 4.69) is 22.0 Å². The van der Waals surface area contributed by atoms with Crippen molar-refractivity contribution in [3.05, 3.63) is 87.8 Å². The summed E-state index contributed by atoms with van der Waals surface area (Å²) in [7, 11) is 0. The number of hydrogen-bond donors (Lipinski definition) is 0. The van der Waals surface area contributed by atoms with E-state index in [1.807, 2.05) is 23.1 Å². The first-order chi connectivity index (χ1) is 16.5. The zero-order chi connectivity index (χ0) is 23.7. The van der Waals surface area contributed by atoms with Crippen molar-refractivity contribution >= 4 is 17.4 Å². The quantitative estimate of drug-likeness (QED) is 0.450. The van der Waals surface area contributed by atoms with Crippen LogP contribution in [0.4, 0.5) is 19.0 Å². The molecule has 2 aliphatic rings. The van der Waals surface area contributed by atoms with Gasteiger partial charge in [0.25, 0.3) is 0 Å². The lowest BCUT2D eigenvalue weighted by molar-refractivity contribution is 0.193. The van der Waals surface area contributed by atoms with Crippen molar-refractivity contribution in [1.82, 2.24) is 14.9 Å². The monoisotopic (exact) mass is 486 g/mol. The topological polar surface area (TPSA) is 32.3 Å². The zero-order valence-corrected chi connectivity index (χ0v) is 19.5. The van der Waals surface area contributed by atoms with Gasteiger partial charge in [0, 0.05) is 50.8 Å². The van der Waals surface area contributed by atoms with Crippen LogP contribution in [0.25, 0.3) is 0 Å². The van der Waals surface area contributed by atoms with E-state index in [9.17, 15) is 8.78 Å². The highest BCUT2D eigenvalue weighted by atomic mass is 35.5. The van der Waals surface area contributed by atoms with E-state index in [0.717, 1.165) is 43.0 Å². The van der Waals surface area contributed by atoms with E-state index in [0.29, 0.717) is 43.4 Å². The molecule has 1 saturated heterocycles. The number of aromatic nitrogens is 2. The number of anilines is 1. The number of hydrogen-bond acceptors (Lipinski definition) is 4. The smallest absolute Gasteiger partial charge is 0.171 e. The average Bonchev–Trinajstić information content (AvgIpc) is 2.84. The maximum Gasteiger partial charge on any atom is 0.171 e. The predicted octanol–water partition coefficient (Wildman–Crippen LogP) is 5.89. The van der Waals surface area contributed by atoms with Crippen LogP contribution in [0.1, 0.15) is 41.5 Å². The molecule has 8 heteroatoms. The SMILES string of the molecule is Fc1ccc([C@@H](F)C2CCN(c3nc4c(nc3Cl)CN(Cc3ccccc3)CC4)CC2)c(F)c1. The number of halogens is 4. The zero-order valence-electron chi connectivity index (χ0n) is 18.7. The normalized spacial score (nSPS) is 18.1. The van der Waals surface area contributed by atoms with Gasteiger partial charge in [-0.1, -0.05) is 48.0 Å². The number of rotatable bonds is 5. The molecule has 0 unspecified atom stereocenters. The Morgan fingerprint density at radius 2 is 1.74 bits per heavy atom. The third kappa shape index (κ3) is 4.91. The van der Waals surface area contributed by atoms with E-state index in [4.69, 9.17) is 16.6 Å². The molecule has 4 nitrogen and oxygen atoms in total. The van der Waals surface area contributed by atoms with Crippen molar-refractivity contribution in [2.45, 2.75) is 38.5 Å². The average molecular weight is 487 g/mol. The fraction of sp³-hybridized carbons (Fsp3) is 0.385. The van der Waals surface area contributed by atoms with Crippen molar-refractivity contribution in [3.8, 4) is 0 Å². The van der Waals surface area contributed by atoms with Crippen molar-refractivity contribution in [2.75, 3.05) is 24.5 Å². The molecule has 3 heterocycles. The molecule has 0 N–H and O–H groups in total. The summed E-state index contributed by atoms with van der Waals surface area (Å²) in [5.41, 5.74) is 3.05. The maximum absolute atomic E-state index is 15.0. The molecule has 0 saturated carbocycles. The second-order valence-electron chi connectivity index (χ2n) is 9.07. The van der Waals surface area contributed by atoms with Gasteiger partial charge in [0.05, 0.1) is 11.4 Å². The van der Waals surface area contributed by atoms with Crippen LogP contribution in [0.3, 0.4) is 0 Å². The molecular formula is C26H26ClF3N4. The highest BCUT2D eigenvalue weighted by molar-refractivity contribution is 6.31. The Hall–Kier alpha value is -2.64. The second-order valence-corrected chi connectivity index (χ2v) is 9.43. The maximum atomic E-state index is 15.0. The number of alkyl halides is 1. The Bertz CT molecular complexity index is 1150. The first-order valence-corrected chi connectivity index (χ1v) is 12.0. The molecule has 178 valence electrons. The highest BCUT2D eigenvalue weighted by Crippen LogP contribution is 2.37. The first kappa shape index (κ1) is 23.1. The summed E-state index contributed by atoms with van der Waals surface area (Å²) in [6.45, 7) is 3.56. The largest absolute Gasteiger partial charge is 0.354 e. The van der Waals surface area contributed by atoms with Crippen LogP contribution in [-0.4, -0.2) is 34.5 Å². The van der Waals surface area contributed by atoms with Crippen molar-refractivity contribution in [3.63, 3.8) is 0 Å². The van der Waals surface area contributed by atoms with Crippen LogP contribution in [0.2, 0.25) is 5.15 Å². The lowest BCUT2D eigenvalue weighted by atomic mass is 9.88. The molecule has 1 aromatic heterocycles. The summed E-state index contributed by atoms with van der Waals surface area (Å²) in [5.74, 6) is -1.24. The van der Waals surface area contributed by atoms with E-state index in [1.54, 1.807) is 0 Å². The fourth-order valence-electron chi connectivity index (χ4n) is 4.91. The molecule has 0 bridgehead atoms. The minimum atomic E-state index is -1.47. The van der Waals surface area contributed by atoms with Gasteiger partial charge in [0.15, 0.2) is 11.0 Å². The number of piperidine rings is 1. The van der Waals surface area contributed by atoms with Crippen LogP contribution in [-0.2, 0) is 19.5 Å². The number of benzene rings is 2. The Morgan fingerprint density at radius 1 is 0.971 bits per heavy atom. The van der Waals surface area contributed by atoms with Gasteiger partial charge in [-0.15, -0.1) is 0 Å². The van der Waals surface area contributed by atoms with Gasteiger partial charge in [-0.05, 0) is 30.4 Å². The van der Waals surface area contributed by atoms with Gasteiger partial charge in [0.2, 0.25) is 0 Å². The van der Waals surface area contributed by atoms with E-state index < -0.39 is 17.8 Å². The lowest BCUT2D eigenvalue weighted by Crippen LogP contribution is -2.37. The van der Waals surface area contributed by atoms with Crippen LogP contribution in [0.5, 0.6) is 0 Å². The van der Waals surface area contributed by atoms with Gasteiger partial charge < -0.3 is 4.90 Å². The van der Waals surface area contributed by atoms with Crippen LogP contribution in [0.15, 0.2) is 48.5 Å². The van der Waals surface area contributed by atoms with Crippen LogP contribution in [0, 0.1) is 17.6 Å². The summed E-state index contributed by atoms with van der Waals surface area (Å²) in [4.78, 5) is 13.9. The Morgan fingerprint density at radius 3 is 2.47 bits per heavy atom. The molecular weight excluding hydrogens is 461 g/mol. The minimum absolute atomic E-state index is 0.0773. The Labute approximate surface area is 202 Å². The Balaban J connectivity index is 1.23. The molecule has 2 aliphatic heterocycles. The summed E-state index contributed by atoms with van der Waals surface area (Å²) >= 11 is 6.54. The molecule has 0 aliphatic carbocycles. The molecule has 5 rings (SSSR count). The first-order valence-electron chi connectivity index (χ1n) is 11.6. The highest BCUT2D eigenvalue weighted by Gasteiger charge is 2.31. The van der Waals surface area contributed by atoms with E-state index >= 15 is 4.39 Å². The molecule has 2 aromatic carbocycles. The predicted molar refractivity (Wildman–Crippen MR) is 126 cm³/mol. The molecule has 1 atom stereocenters. The number of nitrogens with zero attached hydrogens (tertiary/aromatic N) is 4. The van der Waals surface area contributed by atoms with E-state index in [1.165, 1.54) is 11.6 Å². The molecule has 1 fully saturated rings. The van der Waals surface area contributed by atoms with Gasteiger partial charge in [0.1, 0.15) is 17.8 Å². The van der Waals surface area contributed by atoms with Gasteiger partial charge in [-0.25, -0.2) is 23.1 Å². The third-order valence-electron chi connectivity index (χ3n) is 6.79. The summed E-state index contributed by atoms with van der Waals surface area (Å²) in [6.07, 6.45) is 0.380. The summed E-state index contributed by atoms with van der Waals surface area (Å²) < 4.78 is 42.2. The third-order valence-corrected chi connectivity index (χ3v) is 7.04. The molecule has 34 heavy (non-hydrogen) atoms. The minimum Gasteiger partial charge on any atom is -0.354 e. The molecule has 0 radical (unpaired) electrons. The van der Waals surface area contributed by atoms with Crippen molar-refractivity contribution in [2.24, 2.45) is 5.92 Å². The molecule has 0 amide bonds. The van der Waals surface area contributed by atoms with E-state index in [-0.39, 0.29) is 11.5 Å². The number of fused-ring (bicyclic) bond motifs is 1. The van der Waals surface area contributed by atoms with Crippen LogP contribution < -0.4 is 4.90 Å². The van der Waals surface area contributed by atoms with Crippen molar-refractivity contribution < 1.29 is 13.2 Å². The van der Waals surface area contributed by atoms with Gasteiger partial charge in [-0.3, -0.25) is 4.90 Å². The molecule has 3 aromatic rings. The fourth-order valence-corrected chi connectivity index (χ4v) is 5.18. The van der Waals surface area contributed by atoms with Gasteiger partial charge >= 0.3 is 0 Å². The standard InChI is InChI=1S/C26H26ClF3N4/c27-25-26(32-22-10-11-33(16-23(22)31-25)15-17-4-2-1-3-5-17)34-12-8-18(9-13-34)24(30)20-7-6-19(28)14-21(20)29/h1-7,14,18,24H,8-13,15-16H2/t24-/m0/s1.